The Labute approximate surface area is 182 Å². The molecule has 8 heteroatoms. The number of aliphatic hydroxyl groups excluding tert-OH is 1. The lowest BCUT2D eigenvalue weighted by atomic mass is 10.2. The first-order chi connectivity index (χ1) is 15.3. The van der Waals surface area contributed by atoms with Crippen molar-refractivity contribution in [3.05, 3.63) is 84.9 Å². The van der Waals surface area contributed by atoms with Crippen LogP contribution in [-0.2, 0) is 6.61 Å². The van der Waals surface area contributed by atoms with Gasteiger partial charge in [-0.3, -0.25) is 4.98 Å². The van der Waals surface area contributed by atoms with Gasteiger partial charge in [-0.05, 0) is 48.5 Å². The fourth-order valence-corrected chi connectivity index (χ4v) is 3.91. The van der Waals surface area contributed by atoms with E-state index in [1.807, 2.05) is 48.5 Å². The molecule has 5 rings (SSSR count). The number of para-hydroxylation sites is 1. The second-order valence-electron chi connectivity index (χ2n) is 6.64. The Morgan fingerprint density at radius 3 is 2.52 bits per heavy atom. The van der Waals surface area contributed by atoms with E-state index in [0.29, 0.717) is 23.0 Å². The van der Waals surface area contributed by atoms with Crippen LogP contribution in [0.15, 0.2) is 79.3 Å². The van der Waals surface area contributed by atoms with Gasteiger partial charge in [0, 0.05) is 29.8 Å². The Hall–Kier alpha value is -3.88. The number of nitrogens with one attached hydrogen (secondary N) is 1. The molecule has 2 aromatic carbocycles. The number of anilines is 2. The number of aromatic nitrogens is 4. The third kappa shape index (κ3) is 4.20. The van der Waals surface area contributed by atoms with Gasteiger partial charge in [-0.25, -0.2) is 15.0 Å². The summed E-state index contributed by atoms with van der Waals surface area (Å²) in [6.45, 7) is -0.110. The summed E-state index contributed by atoms with van der Waals surface area (Å²) in [5.41, 5.74) is 3.82. The van der Waals surface area contributed by atoms with Crippen LogP contribution >= 0.6 is 11.3 Å². The zero-order chi connectivity index (χ0) is 21.0. The van der Waals surface area contributed by atoms with E-state index in [0.717, 1.165) is 26.6 Å². The molecule has 152 valence electrons. The van der Waals surface area contributed by atoms with E-state index < -0.39 is 0 Å². The normalized spacial score (nSPS) is 10.9. The molecule has 0 saturated carbocycles. The molecule has 3 aromatic heterocycles. The highest BCUT2D eigenvalue weighted by atomic mass is 32.1. The summed E-state index contributed by atoms with van der Waals surface area (Å²) in [5.74, 6) is 1.02. The number of hydrogen-bond acceptors (Lipinski definition) is 8. The highest BCUT2D eigenvalue weighted by Gasteiger charge is 2.11. The summed E-state index contributed by atoms with van der Waals surface area (Å²) < 4.78 is 7.12. The molecule has 5 aromatic rings. The summed E-state index contributed by atoms with van der Waals surface area (Å²) in [4.78, 5) is 17.5. The third-order valence-corrected chi connectivity index (χ3v) is 5.49. The first-order valence-corrected chi connectivity index (χ1v) is 10.4. The molecule has 0 aliphatic rings. The van der Waals surface area contributed by atoms with E-state index in [1.165, 1.54) is 0 Å². The van der Waals surface area contributed by atoms with Crippen LogP contribution in [-0.4, -0.2) is 25.0 Å². The van der Waals surface area contributed by atoms with Gasteiger partial charge < -0.3 is 15.2 Å². The fraction of sp³-hybridized carbons (Fsp3) is 0.0435. The minimum atomic E-state index is -0.110. The summed E-state index contributed by atoms with van der Waals surface area (Å²) >= 11 is 1.61. The van der Waals surface area contributed by atoms with E-state index in [4.69, 9.17) is 4.74 Å². The molecule has 0 radical (unpaired) electrons. The lowest BCUT2D eigenvalue weighted by Crippen LogP contribution is -1.96. The fourth-order valence-electron chi connectivity index (χ4n) is 3.02. The summed E-state index contributed by atoms with van der Waals surface area (Å²) in [7, 11) is 0. The van der Waals surface area contributed by atoms with Gasteiger partial charge in [-0.15, -0.1) is 0 Å². The van der Waals surface area contributed by atoms with Crippen molar-refractivity contribution >= 4 is 32.4 Å². The molecule has 0 spiro atoms. The van der Waals surface area contributed by atoms with Crippen LogP contribution in [0.3, 0.4) is 0 Å². The van der Waals surface area contributed by atoms with Crippen LogP contribution in [0.5, 0.6) is 11.6 Å². The number of benzene rings is 2. The quantitative estimate of drug-likeness (QED) is 0.386. The largest absolute Gasteiger partial charge is 0.437 e. The lowest BCUT2D eigenvalue weighted by molar-refractivity contribution is 0.277. The molecule has 3 heterocycles. The SMILES string of the molecule is OCc1ccc(-c2nccnc2Oc2ccc(Nc3nc4ccccc4s3)cc2)cn1. The van der Waals surface area contributed by atoms with Gasteiger partial charge in [0.05, 0.1) is 22.5 Å². The van der Waals surface area contributed by atoms with Crippen molar-refractivity contribution in [3.63, 3.8) is 0 Å². The Kier molecular flexibility index (Phi) is 5.22. The minimum Gasteiger partial charge on any atom is -0.437 e. The van der Waals surface area contributed by atoms with Crippen molar-refractivity contribution in [1.82, 2.24) is 19.9 Å². The smallest absolute Gasteiger partial charge is 0.246 e. The minimum absolute atomic E-state index is 0.110. The highest BCUT2D eigenvalue weighted by molar-refractivity contribution is 7.22. The molecular weight excluding hydrogens is 410 g/mol. The number of nitrogens with zero attached hydrogens (tertiary/aromatic N) is 4. The molecule has 0 fully saturated rings. The van der Waals surface area contributed by atoms with Crippen molar-refractivity contribution in [2.75, 3.05) is 5.32 Å². The van der Waals surface area contributed by atoms with Gasteiger partial charge in [-0.2, -0.15) is 0 Å². The maximum absolute atomic E-state index is 9.18. The summed E-state index contributed by atoms with van der Waals surface area (Å²) in [5, 5.41) is 13.3. The molecule has 0 atom stereocenters. The molecule has 2 N–H and O–H groups in total. The van der Waals surface area contributed by atoms with Crippen molar-refractivity contribution in [2.24, 2.45) is 0 Å². The zero-order valence-electron chi connectivity index (χ0n) is 16.3. The molecular formula is C23H17N5O2S. The summed E-state index contributed by atoms with van der Waals surface area (Å²) in [6, 6.07) is 19.2. The third-order valence-electron chi connectivity index (χ3n) is 4.54. The number of aliphatic hydroxyl groups is 1. The van der Waals surface area contributed by atoms with E-state index >= 15 is 0 Å². The average molecular weight is 427 g/mol. The Balaban J connectivity index is 1.34. The number of thiazole rings is 1. The van der Waals surface area contributed by atoms with Crippen LogP contribution in [0.2, 0.25) is 0 Å². The molecule has 0 amide bonds. The van der Waals surface area contributed by atoms with Crippen molar-refractivity contribution < 1.29 is 9.84 Å². The zero-order valence-corrected chi connectivity index (χ0v) is 17.1. The van der Waals surface area contributed by atoms with E-state index in [2.05, 4.69) is 31.3 Å². The number of pyridine rings is 1. The van der Waals surface area contributed by atoms with Crippen LogP contribution < -0.4 is 10.1 Å². The molecule has 0 aliphatic carbocycles. The Morgan fingerprint density at radius 2 is 1.74 bits per heavy atom. The Bertz CT molecular complexity index is 1290. The number of fused-ring (bicyclic) bond motifs is 1. The topological polar surface area (TPSA) is 93.1 Å². The molecule has 0 unspecified atom stereocenters. The molecule has 0 bridgehead atoms. The average Bonchev–Trinajstić information content (AvgIpc) is 3.23. The highest BCUT2D eigenvalue weighted by Crippen LogP contribution is 2.31. The first-order valence-electron chi connectivity index (χ1n) is 9.56. The molecule has 7 nitrogen and oxygen atoms in total. The van der Waals surface area contributed by atoms with Gasteiger partial charge in [0.2, 0.25) is 5.88 Å². The van der Waals surface area contributed by atoms with Gasteiger partial charge in [-0.1, -0.05) is 23.5 Å². The number of ether oxygens (including phenoxy) is 1. The van der Waals surface area contributed by atoms with Gasteiger partial charge in [0.15, 0.2) is 5.13 Å². The lowest BCUT2D eigenvalue weighted by Gasteiger charge is -2.10. The first kappa shape index (κ1) is 19.1. The molecule has 0 saturated heterocycles. The van der Waals surface area contributed by atoms with Crippen LogP contribution in [0.25, 0.3) is 21.5 Å². The predicted octanol–water partition coefficient (Wildman–Crippen LogP) is 5.18. The van der Waals surface area contributed by atoms with Crippen molar-refractivity contribution in [1.29, 1.82) is 0 Å². The Morgan fingerprint density at radius 1 is 0.903 bits per heavy atom. The molecule has 31 heavy (non-hydrogen) atoms. The number of rotatable bonds is 6. The maximum atomic E-state index is 9.18. The predicted molar refractivity (Wildman–Crippen MR) is 121 cm³/mol. The van der Waals surface area contributed by atoms with Crippen LogP contribution in [0, 0.1) is 0 Å². The number of hydrogen-bond donors (Lipinski definition) is 2. The van der Waals surface area contributed by atoms with Gasteiger partial charge in [0.1, 0.15) is 11.4 Å². The molecule has 0 aliphatic heterocycles. The van der Waals surface area contributed by atoms with Crippen molar-refractivity contribution in [2.45, 2.75) is 6.61 Å². The standard InChI is InChI=1S/C23H17N5O2S/c29-14-17-6-5-15(13-26-17)21-22(25-12-11-24-21)30-18-9-7-16(8-10-18)27-23-28-19-3-1-2-4-20(19)31-23/h1-13,29H,14H2,(H,27,28). The van der Waals surface area contributed by atoms with Crippen LogP contribution in [0.1, 0.15) is 5.69 Å². The maximum Gasteiger partial charge on any atom is 0.246 e. The van der Waals surface area contributed by atoms with E-state index in [1.54, 1.807) is 36.0 Å². The van der Waals surface area contributed by atoms with E-state index in [9.17, 15) is 5.11 Å². The summed E-state index contributed by atoms with van der Waals surface area (Å²) in [6.07, 6.45) is 4.83. The van der Waals surface area contributed by atoms with Crippen LogP contribution in [0.4, 0.5) is 10.8 Å². The van der Waals surface area contributed by atoms with E-state index in [-0.39, 0.29) is 6.61 Å². The monoisotopic (exact) mass is 427 g/mol. The van der Waals surface area contributed by atoms with Gasteiger partial charge >= 0.3 is 0 Å². The second-order valence-corrected chi connectivity index (χ2v) is 7.68. The second kappa shape index (κ2) is 8.47. The van der Waals surface area contributed by atoms with Crippen molar-refractivity contribution in [3.8, 4) is 22.9 Å². The van der Waals surface area contributed by atoms with Gasteiger partial charge in [0.25, 0.3) is 0 Å².